The second kappa shape index (κ2) is 7.62. The smallest absolute Gasteiger partial charge is 0.221 e. The van der Waals surface area contributed by atoms with Gasteiger partial charge in [-0.25, -0.2) is 8.42 Å². The molecule has 0 rings (SSSR count). The van der Waals surface area contributed by atoms with E-state index in [1.165, 1.54) is 0 Å². The molecular formula is C10H22N2O3S. The van der Waals surface area contributed by atoms with Gasteiger partial charge in [0, 0.05) is 25.3 Å². The van der Waals surface area contributed by atoms with Crippen LogP contribution in [-0.4, -0.2) is 38.9 Å². The number of nitrogens with two attached hydrogens (primary N) is 1. The van der Waals surface area contributed by atoms with Gasteiger partial charge in [0.05, 0.1) is 5.75 Å². The first-order valence-corrected chi connectivity index (χ1v) is 7.62. The summed E-state index contributed by atoms with van der Waals surface area (Å²) in [6.45, 7) is 2.46. The Morgan fingerprint density at radius 1 is 1.44 bits per heavy atom. The van der Waals surface area contributed by atoms with Crippen LogP contribution < -0.4 is 11.1 Å². The van der Waals surface area contributed by atoms with Gasteiger partial charge in [0.25, 0.3) is 0 Å². The van der Waals surface area contributed by atoms with E-state index in [2.05, 4.69) is 12.2 Å². The summed E-state index contributed by atoms with van der Waals surface area (Å²) in [7, 11) is -3.07. The van der Waals surface area contributed by atoms with Crippen molar-refractivity contribution in [2.75, 3.05) is 18.6 Å². The fourth-order valence-electron chi connectivity index (χ4n) is 1.28. The zero-order valence-corrected chi connectivity index (χ0v) is 10.8. The lowest BCUT2D eigenvalue weighted by atomic mass is 10.1. The number of nitrogens with one attached hydrogen (secondary N) is 1. The standard InChI is InChI=1S/C10H22N2O3S/c1-3-4-5-9(8-11)12-10(13)6-7-16(2,14)15/h9H,3-8,11H2,1-2H3,(H,12,13). The van der Waals surface area contributed by atoms with Crippen molar-refractivity contribution in [3.05, 3.63) is 0 Å². The molecule has 1 atom stereocenters. The molecule has 6 heteroatoms. The van der Waals surface area contributed by atoms with Crippen molar-refractivity contribution in [1.82, 2.24) is 5.32 Å². The third-order valence-electron chi connectivity index (χ3n) is 2.26. The summed E-state index contributed by atoms with van der Waals surface area (Å²) < 4.78 is 21.7. The zero-order valence-electron chi connectivity index (χ0n) is 10.0. The van der Waals surface area contributed by atoms with E-state index in [-0.39, 0.29) is 24.1 Å². The third-order valence-corrected chi connectivity index (χ3v) is 3.20. The second-order valence-electron chi connectivity index (χ2n) is 4.02. The minimum atomic E-state index is -3.07. The van der Waals surface area contributed by atoms with Gasteiger partial charge < -0.3 is 11.1 Å². The Kier molecular flexibility index (Phi) is 7.33. The molecule has 0 saturated heterocycles. The molecule has 0 aliphatic rings. The highest BCUT2D eigenvalue weighted by Crippen LogP contribution is 2.00. The van der Waals surface area contributed by atoms with E-state index in [4.69, 9.17) is 5.73 Å². The third kappa shape index (κ3) is 8.67. The highest BCUT2D eigenvalue weighted by molar-refractivity contribution is 7.90. The van der Waals surface area contributed by atoms with Gasteiger partial charge in [-0.2, -0.15) is 0 Å². The number of carbonyl (C=O) groups is 1. The number of amides is 1. The zero-order chi connectivity index (χ0) is 12.6. The molecule has 0 aliphatic heterocycles. The molecule has 0 fully saturated rings. The van der Waals surface area contributed by atoms with Crippen molar-refractivity contribution < 1.29 is 13.2 Å². The Bertz CT molecular complexity index is 301. The Hall–Kier alpha value is -0.620. The van der Waals surface area contributed by atoms with Crippen LogP contribution in [0.3, 0.4) is 0 Å². The van der Waals surface area contributed by atoms with Gasteiger partial charge in [-0.1, -0.05) is 19.8 Å². The number of carbonyl (C=O) groups excluding carboxylic acids is 1. The molecule has 0 heterocycles. The lowest BCUT2D eigenvalue weighted by Gasteiger charge is -2.16. The Balaban J connectivity index is 3.91. The maximum absolute atomic E-state index is 11.4. The largest absolute Gasteiger partial charge is 0.352 e. The Morgan fingerprint density at radius 2 is 2.06 bits per heavy atom. The first-order chi connectivity index (χ1) is 7.39. The first-order valence-electron chi connectivity index (χ1n) is 5.56. The fourth-order valence-corrected chi connectivity index (χ4v) is 1.83. The van der Waals surface area contributed by atoms with E-state index in [1.54, 1.807) is 0 Å². The fraction of sp³-hybridized carbons (Fsp3) is 0.900. The molecule has 0 spiro atoms. The predicted octanol–water partition coefficient (Wildman–Crippen LogP) is 0.0548. The maximum atomic E-state index is 11.4. The van der Waals surface area contributed by atoms with Gasteiger partial charge in [0.1, 0.15) is 9.84 Å². The Labute approximate surface area is 97.7 Å². The molecule has 0 radical (unpaired) electrons. The van der Waals surface area contributed by atoms with E-state index >= 15 is 0 Å². The van der Waals surface area contributed by atoms with Crippen molar-refractivity contribution in [3.8, 4) is 0 Å². The number of hydrogen-bond acceptors (Lipinski definition) is 4. The predicted molar refractivity (Wildman–Crippen MR) is 64.8 cm³/mol. The van der Waals surface area contributed by atoms with Crippen molar-refractivity contribution in [1.29, 1.82) is 0 Å². The summed E-state index contributed by atoms with van der Waals surface area (Å²) >= 11 is 0. The van der Waals surface area contributed by atoms with Crippen LogP contribution >= 0.6 is 0 Å². The van der Waals surface area contributed by atoms with Gasteiger partial charge in [-0.05, 0) is 6.42 Å². The molecule has 1 amide bonds. The minimum Gasteiger partial charge on any atom is -0.352 e. The van der Waals surface area contributed by atoms with Crippen molar-refractivity contribution >= 4 is 15.7 Å². The lowest BCUT2D eigenvalue weighted by Crippen LogP contribution is -2.40. The van der Waals surface area contributed by atoms with Crippen LogP contribution in [0.5, 0.6) is 0 Å². The Morgan fingerprint density at radius 3 is 2.50 bits per heavy atom. The number of unbranched alkanes of at least 4 members (excludes halogenated alkanes) is 1. The average molecular weight is 250 g/mol. The molecule has 0 bridgehead atoms. The highest BCUT2D eigenvalue weighted by Gasteiger charge is 2.12. The van der Waals surface area contributed by atoms with E-state index in [0.717, 1.165) is 25.5 Å². The number of rotatable bonds is 8. The van der Waals surface area contributed by atoms with Crippen LogP contribution in [0.2, 0.25) is 0 Å². The minimum absolute atomic E-state index is 0.0153. The summed E-state index contributed by atoms with van der Waals surface area (Å²) in [6, 6.07) is -0.0352. The van der Waals surface area contributed by atoms with E-state index in [0.29, 0.717) is 6.54 Å². The summed E-state index contributed by atoms with van der Waals surface area (Å²) in [5.41, 5.74) is 5.51. The van der Waals surface area contributed by atoms with Gasteiger partial charge in [0.2, 0.25) is 5.91 Å². The summed E-state index contributed by atoms with van der Waals surface area (Å²) in [5, 5.41) is 2.75. The van der Waals surface area contributed by atoms with Gasteiger partial charge in [0.15, 0.2) is 0 Å². The summed E-state index contributed by atoms with van der Waals surface area (Å²) in [6.07, 6.45) is 4.04. The normalized spacial score (nSPS) is 13.4. The van der Waals surface area contributed by atoms with Gasteiger partial charge >= 0.3 is 0 Å². The molecular weight excluding hydrogens is 228 g/mol. The van der Waals surface area contributed by atoms with E-state index in [9.17, 15) is 13.2 Å². The van der Waals surface area contributed by atoms with Crippen LogP contribution in [0.4, 0.5) is 0 Å². The van der Waals surface area contributed by atoms with Crippen LogP contribution in [0.1, 0.15) is 32.6 Å². The first kappa shape index (κ1) is 15.4. The van der Waals surface area contributed by atoms with Crippen molar-refractivity contribution in [2.45, 2.75) is 38.6 Å². The van der Waals surface area contributed by atoms with E-state index in [1.807, 2.05) is 0 Å². The molecule has 0 aromatic heterocycles. The summed E-state index contributed by atoms with van der Waals surface area (Å²) in [4.78, 5) is 11.4. The van der Waals surface area contributed by atoms with Crippen LogP contribution in [0, 0.1) is 0 Å². The van der Waals surface area contributed by atoms with Crippen LogP contribution in [-0.2, 0) is 14.6 Å². The molecule has 0 saturated carbocycles. The van der Waals surface area contributed by atoms with Crippen LogP contribution in [0.25, 0.3) is 0 Å². The highest BCUT2D eigenvalue weighted by atomic mass is 32.2. The van der Waals surface area contributed by atoms with Gasteiger partial charge in [-0.15, -0.1) is 0 Å². The average Bonchev–Trinajstić information content (AvgIpc) is 2.20. The molecule has 0 aromatic carbocycles. The molecule has 0 aliphatic carbocycles. The van der Waals surface area contributed by atoms with E-state index < -0.39 is 9.84 Å². The maximum Gasteiger partial charge on any atom is 0.221 e. The quantitative estimate of drug-likeness (QED) is 0.637. The lowest BCUT2D eigenvalue weighted by molar-refractivity contribution is -0.121. The molecule has 5 nitrogen and oxygen atoms in total. The number of hydrogen-bond donors (Lipinski definition) is 2. The number of sulfone groups is 1. The molecule has 1 unspecified atom stereocenters. The SMILES string of the molecule is CCCCC(CN)NC(=O)CCS(C)(=O)=O. The molecule has 0 aromatic rings. The molecule has 16 heavy (non-hydrogen) atoms. The van der Waals surface area contributed by atoms with Crippen molar-refractivity contribution in [2.24, 2.45) is 5.73 Å². The van der Waals surface area contributed by atoms with Crippen LogP contribution in [0.15, 0.2) is 0 Å². The molecule has 96 valence electrons. The topological polar surface area (TPSA) is 89.3 Å². The second-order valence-corrected chi connectivity index (χ2v) is 6.28. The van der Waals surface area contributed by atoms with Crippen molar-refractivity contribution in [3.63, 3.8) is 0 Å². The monoisotopic (exact) mass is 250 g/mol. The van der Waals surface area contributed by atoms with Gasteiger partial charge in [-0.3, -0.25) is 4.79 Å². The molecule has 3 N–H and O–H groups in total. The summed E-state index contributed by atoms with van der Waals surface area (Å²) in [5.74, 6) is -0.346.